The minimum Gasteiger partial charge on any atom is -0.392 e. The standard InChI is InChI=1S/C14H23NO/c1-4-5-14(16)10-15-9-13-7-6-11(2)8-12(13)3/h6-8,14-16H,4-5,9-10H2,1-3H3. The molecule has 0 aliphatic rings. The van der Waals surface area contributed by atoms with Crippen LogP contribution in [0.1, 0.15) is 36.5 Å². The maximum Gasteiger partial charge on any atom is 0.0664 e. The minimum atomic E-state index is -0.212. The van der Waals surface area contributed by atoms with E-state index in [1.807, 2.05) is 0 Å². The monoisotopic (exact) mass is 221 g/mol. The second-order valence-corrected chi connectivity index (χ2v) is 4.50. The van der Waals surface area contributed by atoms with Gasteiger partial charge in [-0.25, -0.2) is 0 Å². The Kier molecular flexibility index (Phi) is 5.50. The summed E-state index contributed by atoms with van der Waals surface area (Å²) in [6.07, 6.45) is 1.70. The predicted octanol–water partition coefficient (Wildman–Crippen LogP) is 2.55. The number of aryl methyl sites for hydroxylation is 2. The van der Waals surface area contributed by atoms with Gasteiger partial charge in [-0.1, -0.05) is 37.1 Å². The highest BCUT2D eigenvalue weighted by molar-refractivity contribution is 5.30. The fourth-order valence-electron chi connectivity index (χ4n) is 1.85. The van der Waals surface area contributed by atoms with Crippen LogP contribution in [0.25, 0.3) is 0 Å². The minimum absolute atomic E-state index is 0.212. The molecule has 0 aliphatic carbocycles. The van der Waals surface area contributed by atoms with Gasteiger partial charge in [0.25, 0.3) is 0 Å². The molecule has 16 heavy (non-hydrogen) atoms. The summed E-state index contributed by atoms with van der Waals surface area (Å²) in [6.45, 7) is 7.85. The Morgan fingerprint density at radius 1 is 1.31 bits per heavy atom. The van der Waals surface area contributed by atoms with Gasteiger partial charge in [0, 0.05) is 13.1 Å². The molecule has 0 amide bonds. The Labute approximate surface area is 98.7 Å². The van der Waals surface area contributed by atoms with Crippen molar-refractivity contribution >= 4 is 0 Å². The third-order valence-corrected chi connectivity index (χ3v) is 2.82. The zero-order valence-corrected chi connectivity index (χ0v) is 10.6. The zero-order valence-electron chi connectivity index (χ0n) is 10.6. The smallest absolute Gasteiger partial charge is 0.0664 e. The van der Waals surface area contributed by atoms with Gasteiger partial charge in [-0.05, 0) is 31.4 Å². The van der Waals surface area contributed by atoms with Gasteiger partial charge in [0.1, 0.15) is 0 Å². The molecule has 0 fully saturated rings. The highest BCUT2D eigenvalue weighted by Gasteiger charge is 2.02. The number of aliphatic hydroxyl groups is 1. The van der Waals surface area contributed by atoms with Crippen LogP contribution >= 0.6 is 0 Å². The molecule has 1 aromatic rings. The van der Waals surface area contributed by atoms with Crippen LogP contribution in [0.15, 0.2) is 18.2 Å². The van der Waals surface area contributed by atoms with E-state index in [0.717, 1.165) is 19.4 Å². The van der Waals surface area contributed by atoms with Crippen LogP contribution < -0.4 is 5.32 Å². The highest BCUT2D eigenvalue weighted by atomic mass is 16.3. The first kappa shape index (κ1) is 13.2. The molecule has 0 saturated heterocycles. The van der Waals surface area contributed by atoms with E-state index in [2.05, 4.69) is 44.3 Å². The number of hydrogen-bond acceptors (Lipinski definition) is 2. The van der Waals surface area contributed by atoms with Crippen LogP contribution in [0.3, 0.4) is 0 Å². The summed E-state index contributed by atoms with van der Waals surface area (Å²) in [5.41, 5.74) is 3.93. The normalized spacial score (nSPS) is 12.8. The van der Waals surface area contributed by atoms with E-state index in [9.17, 15) is 5.11 Å². The lowest BCUT2D eigenvalue weighted by atomic mass is 10.1. The van der Waals surface area contributed by atoms with Gasteiger partial charge >= 0.3 is 0 Å². The third kappa shape index (κ3) is 4.33. The molecule has 90 valence electrons. The molecule has 1 unspecified atom stereocenters. The van der Waals surface area contributed by atoms with Gasteiger partial charge in [-0.3, -0.25) is 0 Å². The van der Waals surface area contributed by atoms with Crippen LogP contribution in [-0.4, -0.2) is 17.8 Å². The molecule has 0 spiro atoms. The first-order valence-electron chi connectivity index (χ1n) is 6.08. The largest absolute Gasteiger partial charge is 0.392 e. The number of aliphatic hydroxyl groups excluding tert-OH is 1. The van der Waals surface area contributed by atoms with E-state index in [1.54, 1.807) is 0 Å². The van der Waals surface area contributed by atoms with Crippen molar-refractivity contribution in [3.8, 4) is 0 Å². The van der Waals surface area contributed by atoms with Crippen molar-refractivity contribution in [2.45, 2.75) is 46.3 Å². The predicted molar refractivity (Wildman–Crippen MR) is 68.5 cm³/mol. The second-order valence-electron chi connectivity index (χ2n) is 4.50. The summed E-state index contributed by atoms with van der Waals surface area (Å²) >= 11 is 0. The van der Waals surface area contributed by atoms with E-state index >= 15 is 0 Å². The van der Waals surface area contributed by atoms with Crippen molar-refractivity contribution < 1.29 is 5.11 Å². The van der Waals surface area contributed by atoms with Crippen molar-refractivity contribution in [2.24, 2.45) is 0 Å². The molecule has 1 aromatic carbocycles. The molecule has 2 N–H and O–H groups in total. The van der Waals surface area contributed by atoms with Gasteiger partial charge in [0.2, 0.25) is 0 Å². The fourth-order valence-corrected chi connectivity index (χ4v) is 1.85. The van der Waals surface area contributed by atoms with E-state index in [4.69, 9.17) is 0 Å². The molecule has 0 aliphatic heterocycles. The molecule has 0 saturated carbocycles. The third-order valence-electron chi connectivity index (χ3n) is 2.82. The summed E-state index contributed by atoms with van der Waals surface area (Å²) in [4.78, 5) is 0. The fraction of sp³-hybridized carbons (Fsp3) is 0.571. The molecule has 1 rings (SSSR count). The maximum absolute atomic E-state index is 9.58. The Balaban J connectivity index is 2.37. The zero-order chi connectivity index (χ0) is 12.0. The Morgan fingerprint density at radius 3 is 2.69 bits per heavy atom. The van der Waals surface area contributed by atoms with Crippen LogP contribution in [0.2, 0.25) is 0 Å². The van der Waals surface area contributed by atoms with Crippen molar-refractivity contribution in [2.75, 3.05) is 6.54 Å². The molecule has 0 aromatic heterocycles. The Morgan fingerprint density at radius 2 is 2.06 bits per heavy atom. The first-order valence-corrected chi connectivity index (χ1v) is 6.08. The number of hydrogen-bond donors (Lipinski definition) is 2. The van der Waals surface area contributed by atoms with Gasteiger partial charge in [0.05, 0.1) is 6.10 Å². The summed E-state index contributed by atoms with van der Waals surface area (Å²) < 4.78 is 0. The van der Waals surface area contributed by atoms with Gasteiger partial charge in [-0.2, -0.15) is 0 Å². The second kappa shape index (κ2) is 6.66. The van der Waals surface area contributed by atoms with Gasteiger partial charge in [-0.15, -0.1) is 0 Å². The average Bonchev–Trinajstić information content (AvgIpc) is 2.22. The molecular weight excluding hydrogens is 198 g/mol. The summed E-state index contributed by atoms with van der Waals surface area (Å²) in [5, 5.41) is 12.9. The summed E-state index contributed by atoms with van der Waals surface area (Å²) in [5.74, 6) is 0. The molecule has 0 bridgehead atoms. The molecule has 2 heteroatoms. The topological polar surface area (TPSA) is 32.3 Å². The van der Waals surface area contributed by atoms with Crippen LogP contribution in [0.4, 0.5) is 0 Å². The average molecular weight is 221 g/mol. The SMILES string of the molecule is CCCC(O)CNCc1ccc(C)cc1C. The van der Waals surface area contributed by atoms with E-state index < -0.39 is 0 Å². The van der Waals surface area contributed by atoms with Gasteiger partial charge in [0.15, 0.2) is 0 Å². The number of benzene rings is 1. The first-order chi connectivity index (χ1) is 7.63. The highest BCUT2D eigenvalue weighted by Crippen LogP contribution is 2.10. The Hall–Kier alpha value is -0.860. The van der Waals surface area contributed by atoms with Crippen LogP contribution in [0.5, 0.6) is 0 Å². The van der Waals surface area contributed by atoms with Crippen molar-refractivity contribution in [1.29, 1.82) is 0 Å². The lowest BCUT2D eigenvalue weighted by Gasteiger charge is -2.12. The molecule has 2 nitrogen and oxygen atoms in total. The molecule has 1 atom stereocenters. The maximum atomic E-state index is 9.58. The summed E-state index contributed by atoms with van der Waals surface area (Å²) in [7, 11) is 0. The number of rotatable bonds is 6. The number of nitrogens with one attached hydrogen (secondary N) is 1. The van der Waals surface area contributed by atoms with Crippen molar-refractivity contribution in [1.82, 2.24) is 5.32 Å². The molecular formula is C14H23NO. The van der Waals surface area contributed by atoms with E-state index in [1.165, 1.54) is 16.7 Å². The Bertz CT molecular complexity index is 323. The molecule has 0 radical (unpaired) electrons. The summed E-state index contributed by atoms with van der Waals surface area (Å²) in [6, 6.07) is 6.48. The van der Waals surface area contributed by atoms with Crippen molar-refractivity contribution in [3.05, 3.63) is 34.9 Å². The lowest BCUT2D eigenvalue weighted by molar-refractivity contribution is 0.160. The van der Waals surface area contributed by atoms with Crippen LogP contribution in [-0.2, 0) is 6.54 Å². The molecule has 0 heterocycles. The quantitative estimate of drug-likeness (QED) is 0.773. The van der Waals surface area contributed by atoms with Gasteiger partial charge < -0.3 is 10.4 Å². The van der Waals surface area contributed by atoms with E-state index in [-0.39, 0.29) is 6.10 Å². The van der Waals surface area contributed by atoms with E-state index in [0.29, 0.717) is 6.54 Å². The van der Waals surface area contributed by atoms with Crippen molar-refractivity contribution in [3.63, 3.8) is 0 Å². The lowest BCUT2D eigenvalue weighted by Crippen LogP contribution is -2.26. The van der Waals surface area contributed by atoms with Crippen LogP contribution in [0, 0.1) is 13.8 Å².